The van der Waals surface area contributed by atoms with Gasteiger partial charge in [-0.1, -0.05) is 0 Å². The summed E-state index contributed by atoms with van der Waals surface area (Å²) in [5, 5.41) is 20.2. The summed E-state index contributed by atoms with van der Waals surface area (Å²) < 4.78 is 1.81. The summed E-state index contributed by atoms with van der Waals surface area (Å²) in [7, 11) is 0. The number of hydrogen-bond donors (Lipinski definition) is 2. The Bertz CT molecular complexity index is 438. The Balaban J connectivity index is 3.16. The van der Waals surface area contributed by atoms with Crippen LogP contribution in [-0.2, 0) is 9.59 Å². The molecule has 3 N–H and O–H groups in total. The number of primary amides is 1. The van der Waals surface area contributed by atoms with Gasteiger partial charge in [0, 0.05) is 13.8 Å². The molecule has 0 aliphatic rings. The maximum absolute atomic E-state index is 11.3. The number of rotatable bonds is 4. The van der Waals surface area contributed by atoms with Gasteiger partial charge in [0.25, 0.3) is 0 Å². The van der Waals surface area contributed by atoms with E-state index >= 15 is 0 Å². The van der Waals surface area contributed by atoms with Crippen LogP contribution in [0.15, 0.2) is 6.33 Å². The highest BCUT2D eigenvalue weighted by atomic mass is 16.5. The molecule has 0 spiro atoms. The van der Waals surface area contributed by atoms with Crippen molar-refractivity contribution in [2.75, 3.05) is 0 Å². The van der Waals surface area contributed by atoms with Gasteiger partial charge in [-0.2, -0.15) is 0 Å². The predicted octanol–water partition coefficient (Wildman–Crippen LogP) is -0.761. The Morgan fingerprint density at radius 3 is 2.50 bits per heavy atom. The van der Waals surface area contributed by atoms with E-state index in [1.165, 1.54) is 4.57 Å². The number of nitrogens with zero attached hydrogens (tertiary/aromatic N) is 2. The molecule has 7 heteroatoms. The molecule has 7 nitrogen and oxygen atoms in total. The van der Waals surface area contributed by atoms with Crippen molar-refractivity contribution in [3.63, 3.8) is 0 Å². The zero-order chi connectivity index (χ0) is 12.5. The van der Waals surface area contributed by atoms with Crippen molar-refractivity contribution >= 4 is 11.9 Å². The van der Waals surface area contributed by atoms with Gasteiger partial charge in [0.15, 0.2) is 0 Å². The highest BCUT2D eigenvalue weighted by molar-refractivity contribution is 5.82. The Hall–Kier alpha value is -2.05. The van der Waals surface area contributed by atoms with Crippen molar-refractivity contribution in [2.24, 2.45) is 5.73 Å². The van der Waals surface area contributed by atoms with Gasteiger partial charge in [0.05, 0.1) is 6.42 Å². The van der Waals surface area contributed by atoms with Crippen LogP contribution in [-0.4, -0.2) is 21.6 Å². The molecule has 88 valence electrons. The molecule has 0 aliphatic heterocycles. The van der Waals surface area contributed by atoms with E-state index in [0.717, 1.165) is 6.33 Å². The topological polar surface area (TPSA) is 112 Å². The van der Waals surface area contributed by atoms with Gasteiger partial charge in [0.1, 0.15) is 11.4 Å². The van der Waals surface area contributed by atoms with E-state index in [2.05, 4.69) is 0 Å². The Morgan fingerprint density at radius 2 is 2.19 bits per heavy atom. The van der Waals surface area contributed by atoms with Crippen LogP contribution in [0.2, 0.25) is 0 Å². The maximum atomic E-state index is 11.3. The van der Waals surface area contributed by atoms with Crippen LogP contribution in [0.4, 0.5) is 0 Å². The standard InChI is InChI=1S/C9H13N3O4/c1-5-6(2)12(16)4-11(5)7(9(14)15)3-8(10)13/h4,7H,3H2,1-2H3,(H2,10,13)(H,14,15). The van der Waals surface area contributed by atoms with Gasteiger partial charge in [-0.15, -0.1) is 0 Å². The predicted molar refractivity (Wildman–Crippen MR) is 53.4 cm³/mol. The van der Waals surface area contributed by atoms with Crippen LogP contribution in [0.1, 0.15) is 23.9 Å². The molecule has 1 aromatic rings. The minimum atomic E-state index is -1.20. The summed E-state index contributed by atoms with van der Waals surface area (Å²) in [6, 6.07) is -1.13. The Kier molecular flexibility index (Phi) is 3.17. The highest BCUT2D eigenvalue weighted by Gasteiger charge is 2.29. The van der Waals surface area contributed by atoms with Crippen molar-refractivity contribution in [1.29, 1.82) is 0 Å². The number of carboxylic acid groups (broad SMARTS) is 1. The summed E-state index contributed by atoms with van der Waals surface area (Å²) >= 11 is 0. The zero-order valence-electron chi connectivity index (χ0n) is 9.01. The SMILES string of the molecule is Cc1c(C)[n+]([O-])cn1C(CC(N)=O)C(=O)O. The molecule has 1 aromatic heterocycles. The fourth-order valence-electron chi connectivity index (χ4n) is 1.44. The molecular formula is C9H13N3O4. The minimum absolute atomic E-state index is 0.343. The van der Waals surface area contributed by atoms with Crippen LogP contribution in [0, 0.1) is 19.1 Å². The van der Waals surface area contributed by atoms with E-state index in [0.29, 0.717) is 16.1 Å². The lowest BCUT2D eigenvalue weighted by Crippen LogP contribution is -2.28. The quantitative estimate of drug-likeness (QED) is 0.520. The van der Waals surface area contributed by atoms with Crippen molar-refractivity contribution in [1.82, 2.24) is 4.57 Å². The normalized spacial score (nSPS) is 12.4. The molecule has 0 bridgehead atoms. The Morgan fingerprint density at radius 1 is 1.62 bits per heavy atom. The van der Waals surface area contributed by atoms with Crippen molar-refractivity contribution < 1.29 is 19.4 Å². The number of amides is 1. The Labute approximate surface area is 91.7 Å². The van der Waals surface area contributed by atoms with E-state index < -0.39 is 17.9 Å². The molecule has 1 amide bonds. The number of hydrogen-bond acceptors (Lipinski definition) is 3. The fourth-order valence-corrected chi connectivity index (χ4v) is 1.44. The summed E-state index contributed by atoms with van der Waals surface area (Å²) in [4.78, 5) is 21.7. The van der Waals surface area contributed by atoms with E-state index in [9.17, 15) is 14.8 Å². The second-order valence-corrected chi connectivity index (χ2v) is 3.54. The van der Waals surface area contributed by atoms with Crippen LogP contribution in [0.3, 0.4) is 0 Å². The largest absolute Gasteiger partial charge is 0.711 e. The van der Waals surface area contributed by atoms with E-state index in [1.807, 2.05) is 0 Å². The van der Waals surface area contributed by atoms with Gasteiger partial charge < -0.3 is 16.0 Å². The monoisotopic (exact) mass is 227 g/mol. The first kappa shape index (κ1) is 12.0. The van der Waals surface area contributed by atoms with Gasteiger partial charge in [0.2, 0.25) is 18.3 Å². The number of aliphatic carboxylic acids is 1. The van der Waals surface area contributed by atoms with Crippen LogP contribution in [0.5, 0.6) is 0 Å². The third-order valence-electron chi connectivity index (χ3n) is 2.49. The highest BCUT2D eigenvalue weighted by Crippen LogP contribution is 2.15. The summed E-state index contributed by atoms with van der Waals surface area (Å²) in [5.74, 6) is -1.92. The molecule has 0 fully saturated rings. The molecule has 1 heterocycles. The number of aromatic nitrogens is 2. The molecule has 16 heavy (non-hydrogen) atoms. The van der Waals surface area contributed by atoms with Crippen molar-refractivity contribution in [3.8, 4) is 0 Å². The van der Waals surface area contributed by atoms with E-state index in [1.54, 1.807) is 13.8 Å². The number of nitrogens with two attached hydrogens (primary N) is 1. The van der Waals surface area contributed by atoms with Crippen LogP contribution < -0.4 is 10.5 Å². The van der Waals surface area contributed by atoms with Gasteiger partial charge in [-0.05, 0) is 0 Å². The number of carbonyl (C=O) groups excluding carboxylic acids is 1. The smallest absolute Gasteiger partial charge is 0.349 e. The lowest BCUT2D eigenvalue weighted by molar-refractivity contribution is -0.611. The van der Waals surface area contributed by atoms with Gasteiger partial charge in [-0.25, -0.2) is 14.1 Å². The molecule has 0 saturated heterocycles. The molecule has 0 saturated carbocycles. The summed E-state index contributed by atoms with van der Waals surface area (Å²) in [6.45, 7) is 3.18. The molecule has 1 atom stereocenters. The molecule has 0 aliphatic carbocycles. The van der Waals surface area contributed by atoms with Crippen LogP contribution in [0.25, 0.3) is 0 Å². The van der Waals surface area contributed by atoms with Gasteiger partial charge >= 0.3 is 5.97 Å². The maximum Gasteiger partial charge on any atom is 0.349 e. The van der Waals surface area contributed by atoms with Crippen molar-refractivity contribution in [2.45, 2.75) is 26.3 Å². The second kappa shape index (κ2) is 4.21. The van der Waals surface area contributed by atoms with Crippen LogP contribution >= 0.6 is 0 Å². The summed E-state index contributed by atoms with van der Waals surface area (Å²) in [6.07, 6.45) is 0.761. The first-order valence-corrected chi connectivity index (χ1v) is 4.63. The zero-order valence-corrected chi connectivity index (χ0v) is 9.01. The third kappa shape index (κ3) is 2.13. The number of imidazole rings is 1. The molecule has 1 rings (SSSR count). The molecule has 0 aromatic carbocycles. The third-order valence-corrected chi connectivity index (χ3v) is 2.49. The fraction of sp³-hybridized carbons (Fsp3) is 0.444. The average Bonchev–Trinajstić information content (AvgIpc) is 2.42. The van der Waals surface area contributed by atoms with E-state index in [-0.39, 0.29) is 6.42 Å². The lowest BCUT2D eigenvalue weighted by Gasteiger charge is -2.07. The second-order valence-electron chi connectivity index (χ2n) is 3.54. The minimum Gasteiger partial charge on any atom is -0.711 e. The first-order chi connectivity index (χ1) is 7.34. The average molecular weight is 227 g/mol. The molecule has 0 radical (unpaired) electrons. The number of carbonyl (C=O) groups is 2. The molecular weight excluding hydrogens is 214 g/mol. The van der Waals surface area contributed by atoms with Crippen molar-refractivity contribution in [3.05, 3.63) is 22.9 Å². The van der Waals surface area contributed by atoms with Gasteiger partial charge in [-0.3, -0.25) is 4.79 Å². The van der Waals surface area contributed by atoms with E-state index in [4.69, 9.17) is 10.8 Å². The lowest BCUT2D eigenvalue weighted by atomic mass is 10.2. The summed E-state index contributed by atoms with van der Waals surface area (Å²) in [5.41, 5.74) is 5.87. The molecule has 1 unspecified atom stereocenters. The first-order valence-electron chi connectivity index (χ1n) is 4.63. The number of carboxylic acids is 1.